The summed E-state index contributed by atoms with van der Waals surface area (Å²) >= 11 is 0. The SMILES string of the molecule is COCc1ccccc1NC1CCCC(C)C1. The van der Waals surface area contributed by atoms with Gasteiger partial charge in [0.2, 0.25) is 0 Å². The summed E-state index contributed by atoms with van der Waals surface area (Å²) in [6, 6.07) is 9.10. The van der Waals surface area contributed by atoms with Crippen LogP contribution in [0.25, 0.3) is 0 Å². The molecule has 94 valence electrons. The third-order valence-electron chi connectivity index (χ3n) is 3.61. The molecule has 2 rings (SSSR count). The van der Waals surface area contributed by atoms with E-state index in [1.54, 1.807) is 7.11 Å². The minimum Gasteiger partial charge on any atom is -0.382 e. The molecular weight excluding hydrogens is 210 g/mol. The Balaban J connectivity index is 2.01. The average Bonchev–Trinajstić information content (AvgIpc) is 2.32. The van der Waals surface area contributed by atoms with Gasteiger partial charge in [-0.3, -0.25) is 0 Å². The predicted molar refractivity (Wildman–Crippen MR) is 72.2 cm³/mol. The van der Waals surface area contributed by atoms with E-state index in [0.29, 0.717) is 12.6 Å². The Bertz CT molecular complexity index is 351. The van der Waals surface area contributed by atoms with Crippen LogP contribution in [0.2, 0.25) is 0 Å². The van der Waals surface area contributed by atoms with E-state index in [1.165, 1.54) is 36.9 Å². The molecule has 0 saturated heterocycles. The Hall–Kier alpha value is -1.02. The number of benzene rings is 1. The Labute approximate surface area is 104 Å². The van der Waals surface area contributed by atoms with Gasteiger partial charge in [0.05, 0.1) is 6.61 Å². The Morgan fingerprint density at radius 1 is 1.29 bits per heavy atom. The van der Waals surface area contributed by atoms with Crippen LogP contribution in [0.15, 0.2) is 24.3 Å². The van der Waals surface area contributed by atoms with Gasteiger partial charge < -0.3 is 10.1 Å². The molecule has 2 unspecified atom stereocenters. The lowest BCUT2D eigenvalue weighted by Gasteiger charge is -2.29. The molecule has 0 heterocycles. The molecule has 0 aromatic heterocycles. The highest BCUT2D eigenvalue weighted by molar-refractivity contribution is 5.51. The first-order valence-electron chi connectivity index (χ1n) is 6.63. The zero-order valence-corrected chi connectivity index (χ0v) is 10.9. The lowest BCUT2D eigenvalue weighted by molar-refractivity contribution is 0.185. The van der Waals surface area contributed by atoms with Crippen LogP contribution in [-0.2, 0) is 11.3 Å². The maximum atomic E-state index is 5.24. The van der Waals surface area contributed by atoms with Crippen LogP contribution in [0.5, 0.6) is 0 Å². The monoisotopic (exact) mass is 233 g/mol. The molecule has 0 radical (unpaired) electrons. The molecule has 1 saturated carbocycles. The van der Waals surface area contributed by atoms with E-state index < -0.39 is 0 Å². The second kappa shape index (κ2) is 6.06. The predicted octanol–water partition coefficient (Wildman–Crippen LogP) is 3.82. The summed E-state index contributed by atoms with van der Waals surface area (Å²) < 4.78 is 5.24. The van der Waals surface area contributed by atoms with Gasteiger partial charge in [0.15, 0.2) is 0 Å². The first-order valence-corrected chi connectivity index (χ1v) is 6.63. The summed E-state index contributed by atoms with van der Waals surface area (Å²) in [6.07, 6.45) is 5.33. The summed E-state index contributed by atoms with van der Waals surface area (Å²) in [4.78, 5) is 0. The second-order valence-corrected chi connectivity index (χ2v) is 5.20. The molecule has 2 heteroatoms. The van der Waals surface area contributed by atoms with Crippen LogP contribution in [0.4, 0.5) is 5.69 Å². The van der Waals surface area contributed by atoms with E-state index >= 15 is 0 Å². The van der Waals surface area contributed by atoms with E-state index in [9.17, 15) is 0 Å². The molecule has 0 bridgehead atoms. The highest BCUT2D eigenvalue weighted by Crippen LogP contribution is 2.27. The van der Waals surface area contributed by atoms with Crippen LogP contribution < -0.4 is 5.32 Å². The molecule has 17 heavy (non-hydrogen) atoms. The van der Waals surface area contributed by atoms with Gasteiger partial charge in [-0.1, -0.05) is 38.0 Å². The number of nitrogens with one attached hydrogen (secondary N) is 1. The van der Waals surface area contributed by atoms with Gasteiger partial charge >= 0.3 is 0 Å². The molecular formula is C15H23NO. The second-order valence-electron chi connectivity index (χ2n) is 5.20. The van der Waals surface area contributed by atoms with Crippen molar-refractivity contribution in [3.05, 3.63) is 29.8 Å². The minimum absolute atomic E-state index is 0.636. The maximum Gasteiger partial charge on any atom is 0.0733 e. The highest BCUT2D eigenvalue weighted by Gasteiger charge is 2.19. The van der Waals surface area contributed by atoms with Gasteiger partial charge in [0, 0.05) is 24.4 Å². The number of rotatable bonds is 4. The molecule has 0 amide bonds. The molecule has 1 aromatic carbocycles. The van der Waals surface area contributed by atoms with Crippen molar-refractivity contribution in [1.29, 1.82) is 0 Å². The summed E-state index contributed by atoms with van der Waals surface area (Å²) in [5, 5.41) is 3.68. The molecule has 1 N–H and O–H groups in total. The van der Waals surface area contributed by atoms with Crippen LogP contribution in [-0.4, -0.2) is 13.2 Å². The summed E-state index contributed by atoms with van der Waals surface area (Å²) in [5.41, 5.74) is 2.50. The normalized spacial score (nSPS) is 24.6. The van der Waals surface area contributed by atoms with Crippen LogP contribution in [0.1, 0.15) is 38.2 Å². The first kappa shape index (κ1) is 12.4. The maximum absolute atomic E-state index is 5.24. The molecule has 0 aliphatic heterocycles. The lowest BCUT2D eigenvalue weighted by Crippen LogP contribution is -2.26. The van der Waals surface area contributed by atoms with E-state index in [4.69, 9.17) is 4.74 Å². The van der Waals surface area contributed by atoms with Gasteiger partial charge in [-0.05, 0) is 24.8 Å². The van der Waals surface area contributed by atoms with Gasteiger partial charge in [0.25, 0.3) is 0 Å². The zero-order chi connectivity index (χ0) is 12.1. The van der Waals surface area contributed by atoms with Crippen molar-refractivity contribution in [3.63, 3.8) is 0 Å². The molecule has 2 atom stereocenters. The van der Waals surface area contributed by atoms with E-state index in [-0.39, 0.29) is 0 Å². The molecule has 0 spiro atoms. The van der Waals surface area contributed by atoms with Gasteiger partial charge in [-0.25, -0.2) is 0 Å². The van der Waals surface area contributed by atoms with Crippen molar-refractivity contribution < 1.29 is 4.74 Å². The Morgan fingerprint density at radius 3 is 2.88 bits per heavy atom. The van der Waals surface area contributed by atoms with Gasteiger partial charge in [0.1, 0.15) is 0 Å². The number of ether oxygens (including phenoxy) is 1. The fraction of sp³-hybridized carbons (Fsp3) is 0.600. The molecule has 1 fully saturated rings. The molecule has 1 aliphatic carbocycles. The fourth-order valence-electron chi connectivity index (χ4n) is 2.73. The fourth-order valence-corrected chi connectivity index (χ4v) is 2.73. The number of hydrogen-bond acceptors (Lipinski definition) is 2. The largest absolute Gasteiger partial charge is 0.382 e. The van der Waals surface area contributed by atoms with Crippen molar-refractivity contribution in [2.24, 2.45) is 5.92 Å². The van der Waals surface area contributed by atoms with Crippen molar-refractivity contribution >= 4 is 5.69 Å². The quantitative estimate of drug-likeness (QED) is 0.853. The summed E-state index contributed by atoms with van der Waals surface area (Å²) in [5.74, 6) is 0.857. The molecule has 1 aromatic rings. The van der Waals surface area contributed by atoms with Crippen molar-refractivity contribution in [1.82, 2.24) is 0 Å². The van der Waals surface area contributed by atoms with E-state index in [2.05, 4.69) is 36.5 Å². The topological polar surface area (TPSA) is 21.3 Å². The standard InChI is InChI=1S/C15H23NO/c1-12-6-5-8-14(10-12)16-15-9-4-3-7-13(15)11-17-2/h3-4,7,9,12,14,16H,5-6,8,10-11H2,1-2H3. The lowest BCUT2D eigenvalue weighted by atomic mass is 9.87. The van der Waals surface area contributed by atoms with E-state index in [1.807, 2.05) is 0 Å². The highest BCUT2D eigenvalue weighted by atomic mass is 16.5. The van der Waals surface area contributed by atoms with Crippen molar-refractivity contribution in [2.45, 2.75) is 45.3 Å². The Morgan fingerprint density at radius 2 is 2.12 bits per heavy atom. The summed E-state index contributed by atoms with van der Waals surface area (Å²) in [7, 11) is 1.75. The van der Waals surface area contributed by atoms with Crippen LogP contribution >= 0.6 is 0 Å². The van der Waals surface area contributed by atoms with Crippen molar-refractivity contribution in [2.75, 3.05) is 12.4 Å². The minimum atomic E-state index is 0.636. The van der Waals surface area contributed by atoms with Gasteiger partial charge in [-0.15, -0.1) is 0 Å². The number of para-hydroxylation sites is 1. The number of methoxy groups -OCH3 is 1. The van der Waals surface area contributed by atoms with Crippen molar-refractivity contribution in [3.8, 4) is 0 Å². The van der Waals surface area contributed by atoms with Crippen LogP contribution in [0, 0.1) is 5.92 Å². The zero-order valence-electron chi connectivity index (χ0n) is 10.9. The van der Waals surface area contributed by atoms with E-state index in [0.717, 1.165) is 5.92 Å². The average molecular weight is 233 g/mol. The first-order chi connectivity index (χ1) is 8.29. The number of hydrogen-bond donors (Lipinski definition) is 1. The summed E-state index contributed by atoms with van der Waals surface area (Å²) in [6.45, 7) is 3.04. The Kier molecular flexibility index (Phi) is 4.43. The smallest absolute Gasteiger partial charge is 0.0733 e. The molecule has 1 aliphatic rings. The number of anilines is 1. The third-order valence-corrected chi connectivity index (χ3v) is 3.61. The molecule has 2 nitrogen and oxygen atoms in total. The van der Waals surface area contributed by atoms with Gasteiger partial charge in [-0.2, -0.15) is 0 Å². The third kappa shape index (κ3) is 3.47. The van der Waals surface area contributed by atoms with Crippen LogP contribution in [0.3, 0.4) is 0 Å².